The molecule has 0 aromatic heterocycles. The van der Waals surface area contributed by atoms with Crippen LogP contribution in [-0.2, 0) is 4.79 Å². The first kappa shape index (κ1) is 18.7. The lowest BCUT2D eigenvalue weighted by molar-refractivity contribution is -0.255. The minimum Gasteiger partial charge on any atom is -0.545 e. The third-order valence-electron chi connectivity index (χ3n) is 4.25. The maximum absolute atomic E-state index is 13.1. The molecule has 0 radical (unpaired) electrons. The third kappa shape index (κ3) is 4.12. The summed E-state index contributed by atoms with van der Waals surface area (Å²) in [5, 5.41) is 11.5. The van der Waals surface area contributed by atoms with Crippen LogP contribution >= 0.6 is 11.8 Å². The molecule has 5 nitrogen and oxygen atoms in total. The van der Waals surface area contributed by atoms with Crippen LogP contribution in [0.25, 0.3) is 6.08 Å². The Morgan fingerprint density at radius 1 is 0.897 bits per heavy atom. The number of rotatable bonds is 4. The average Bonchev–Trinajstić information content (AvgIpc) is 3.04. The van der Waals surface area contributed by atoms with Crippen LogP contribution < -0.4 is 10.0 Å². The van der Waals surface area contributed by atoms with Crippen molar-refractivity contribution in [1.29, 1.82) is 0 Å². The van der Waals surface area contributed by atoms with Gasteiger partial charge in [-0.2, -0.15) is 0 Å². The molecule has 142 valence electrons. The molecule has 0 saturated carbocycles. The Labute approximate surface area is 172 Å². The Morgan fingerprint density at radius 3 is 2.14 bits per heavy atom. The lowest BCUT2D eigenvalue weighted by Gasteiger charge is -2.15. The SMILES string of the molecule is O=C([O-])c1ccc(/C=C2\SC(=Nc3ccccc3)N(c3ccccc3)C2=O)cc1. The van der Waals surface area contributed by atoms with Crippen LogP contribution in [0, 0.1) is 0 Å². The number of nitrogens with zero attached hydrogens (tertiary/aromatic N) is 2. The first-order valence-corrected chi connectivity index (χ1v) is 9.68. The van der Waals surface area contributed by atoms with Crippen LogP contribution in [0.3, 0.4) is 0 Å². The molecule has 3 aromatic carbocycles. The van der Waals surface area contributed by atoms with Crippen molar-refractivity contribution in [2.45, 2.75) is 0 Å². The predicted molar refractivity (Wildman–Crippen MR) is 114 cm³/mol. The van der Waals surface area contributed by atoms with Crippen LogP contribution in [0.5, 0.6) is 0 Å². The number of anilines is 1. The molecule has 0 bridgehead atoms. The predicted octanol–water partition coefficient (Wildman–Crippen LogP) is 3.86. The maximum Gasteiger partial charge on any atom is 0.271 e. The van der Waals surface area contributed by atoms with Crippen molar-refractivity contribution in [2.24, 2.45) is 4.99 Å². The van der Waals surface area contributed by atoms with Gasteiger partial charge in [-0.3, -0.25) is 9.69 Å². The van der Waals surface area contributed by atoms with Crippen LogP contribution in [0.4, 0.5) is 11.4 Å². The number of aliphatic imine (C=N–C) groups is 1. The van der Waals surface area contributed by atoms with Gasteiger partial charge in [-0.25, -0.2) is 4.99 Å². The summed E-state index contributed by atoms with van der Waals surface area (Å²) in [6, 6.07) is 25.0. The summed E-state index contributed by atoms with van der Waals surface area (Å²) in [7, 11) is 0. The van der Waals surface area contributed by atoms with E-state index in [0.717, 1.165) is 16.9 Å². The fourth-order valence-corrected chi connectivity index (χ4v) is 3.83. The van der Waals surface area contributed by atoms with E-state index in [1.807, 2.05) is 60.7 Å². The number of thioether (sulfide) groups is 1. The smallest absolute Gasteiger partial charge is 0.271 e. The summed E-state index contributed by atoms with van der Waals surface area (Å²) in [5.41, 5.74) is 2.30. The first-order valence-electron chi connectivity index (χ1n) is 8.86. The first-order chi connectivity index (χ1) is 14.1. The Hall–Kier alpha value is -3.64. The maximum atomic E-state index is 13.1. The Bertz CT molecular complexity index is 1110. The molecule has 0 spiro atoms. The van der Waals surface area contributed by atoms with Gasteiger partial charge >= 0.3 is 0 Å². The number of amidine groups is 1. The summed E-state index contributed by atoms with van der Waals surface area (Å²) >= 11 is 1.28. The van der Waals surface area contributed by atoms with E-state index in [4.69, 9.17) is 0 Å². The zero-order chi connectivity index (χ0) is 20.2. The van der Waals surface area contributed by atoms with Gasteiger partial charge in [-0.05, 0) is 53.2 Å². The van der Waals surface area contributed by atoms with E-state index in [9.17, 15) is 14.7 Å². The molecule has 0 aliphatic carbocycles. The molecule has 6 heteroatoms. The minimum atomic E-state index is -1.23. The number of carbonyl (C=O) groups is 2. The standard InChI is InChI=1S/C23H16N2O3S/c26-21-20(15-16-11-13-17(14-12-16)22(27)28)29-23(24-18-7-3-1-4-8-18)25(21)19-9-5-2-6-10-19/h1-15H,(H,27,28)/p-1/b20-15-,24-23?. The van der Waals surface area contributed by atoms with Crippen LogP contribution in [0.15, 0.2) is 94.8 Å². The Balaban J connectivity index is 1.72. The summed E-state index contributed by atoms with van der Waals surface area (Å²) in [5.74, 6) is -1.41. The molecule has 1 aliphatic heterocycles. The molecule has 1 saturated heterocycles. The molecule has 4 rings (SSSR count). The van der Waals surface area contributed by atoms with Gasteiger partial charge in [0.1, 0.15) is 0 Å². The molecule has 1 fully saturated rings. The molecule has 3 aromatic rings. The zero-order valence-electron chi connectivity index (χ0n) is 15.2. The summed E-state index contributed by atoms with van der Waals surface area (Å²) in [6.45, 7) is 0. The number of carboxylic acid groups (broad SMARTS) is 1. The second-order valence-electron chi connectivity index (χ2n) is 6.23. The number of hydrogen-bond acceptors (Lipinski definition) is 5. The van der Waals surface area contributed by atoms with Crippen molar-refractivity contribution in [3.63, 3.8) is 0 Å². The average molecular weight is 399 g/mol. The van der Waals surface area contributed by atoms with Gasteiger partial charge in [-0.15, -0.1) is 0 Å². The van der Waals surface area contributed by atoms with E-state index in [1.165, 1.54) is 23.9 Å². The summed E-state index contributed by atoms with van der Waals surface area (Å²) < 4.78 is 0. The lowest BCUT2D eigenvalue weighted by Crippen LogP contribution is -2.28. The topological polar surface area (TPSA) is 72.8 Å². The number of carboxylic acids is 1. The molecule has 29 heavy (non-hydrogen) atoms. The van der Waals surface area contributed by atoms with Crippen LogP contribution in [-0.4, -0.2) is 17.0 Å². The second kappa shape index (κ2) is 8.16. The minimum absolute atomic E-state index is 0.0924. The normalized spacial score (nSPS) is 16.6. The fourth-order valence-electron chi connectivity index (χ4n) is 2.83. The van der Waals surface area contributed by atoms with Crippen molar-refractivity contribution in [1.82, 2.24) is 0 Å². The van der Waals surface area contributed by atoms with Crippen LogP contribution in [0.2, 0.25) is 0 Å². The van der Waals surface area contributed by atoms with E-state index >= 15 is 0 Å². The monoisotopic (exact) mass is 399 g/mol. The molecular weight excluding hydrogens is 384 g/mol. The largest absolute Gasteiger partial charge is 0.545 e. The molecule has 0 atom stereocenters. The van der Waals surface area contributed by atoms with Crippen molar-refractivity contribution in [2.75, 3.05) is 4.90 Å². The highest BCUT2D eigenvalue weighted by Crippen LogP contribution is 2.37. The highest BCUT2D eigenvalue weighted by atomic mass is 32.2. The highest BCUT2D eigenvalue weighted by molar-refractivity contribution is 8.19. The van der Waals surface area contributed by atoms with Gasteiger partial charge in [0.05, 0.1) is 22.2 Å². The summed E-state index contributed by atoms with van der Waals surface area (Å²) in [4.78, 5) is 30.8. The molecule has 1 aliphatic rings. The third-order valence-corrected chi connectivity index (χ3v) is 5.21. The van der Waals surface area contributed by atoms with Crippen molar-refractivity contribution < 1.29 is 14.7 Å². The van der Waals surface area contributed by atoms with E-state index in [2.05, 4.69) is 4.99 Å². The molecule has 0 unspecified atom stereocenters. The van der Waals surface area contributed by atoms with Crippen molar-refractivity contribution in [3.8, 4) is 0 Å². The molecule has 1 heterocycles. The summed E-state index contributed by atoms with van der Waals surface area (Å²) in [6.07, 6.45) is 1.73. The van der Waals surface area contributed by atoms with Gasteiger partial charge in [0.15, 0.2) is 5.17 Å². The lowest BCUT2D eigenvalue weighted by atomic mass is 10.1. The van der Waals surface area contributed by atoms with Crippen molar-refractivity contribution in [3.05, 3.63) is 101 Å². The number of amides is 1. The van der Waals surface area contributed by atoms with E-state index in [0.29, 0.717) is 10.1 Å². The van der Waals surface area contributed by atoms with Crippen LogP contribution in [0.1, 0.15) is 15.9 Å². The van der Waals surface area contributed by atoms with Gasteiger partial charge in [-0.1, -0.05) is 60.7 Å². The van der Waals surface area contributed by atoms with E-state index < -0.39 is 5.97 Å². The Kier molecular flexibility index (Phi) is 5.27. The fraction of sp³-hybridized carbons (Fsp3) is 0. The number of para-hydroxylation sites is 2. The zero-order valence-corrected chi connectivity index (χ0v) is 16.0. The second-order valence-corrected chi connectivity index (χ2v) is 7.24. The number of hydrogen-bond donors (Lipinski definition) is 0. The van der Waals surface area contributed by atoms with E-state index in [1.54, 1.807) is 23.1 Å². The number of benzene rings is 3. The molecule has 1 amide bonds. The van der Waals surface area contributed by atoms with Crippen molar-refractivity contribution >= 4 is 46.3 Å². The highest BCUT2D eigenvalue weighted by Gasteiger charge is 2.34. The molecule has 0 N–H and O–H groups in total. The quantitative estimate of drug-likeness (QED) is 0.625. The van der Waals surface area contributed by atoms with Gasteiger partial charge in [0.25, 0.3) is 5.91 Å². The van der Waals surface area contributed by atoms with Gasteiger partial charge in [0.2, 0.25) is 0 Å². The number of carbonyl (C=O) groups excluding carboxylic acids is 2. The van der Waals surface area contributed by atoms with Gasteiger partial charge < -0.3 is 9.90 Å². The van der Waals surface area contributed by atoms with E-state index in [-0.39, 0.29) is 11.5 Å². The molecular formula is C23H15N2O3S-. The number of aromatic carboxylic acids is 1. The Morgan fingerprint density at radius 2 is 1.52 bits per heavy atom. The van der Waals surface area contributed by atoms with Gasteiger partial charge in [0, 0.05) is 0 Å².